The number of hydrogen-bond donors (Lipinski definition) is 0. The van der Waals surface area contributed by atoms with Crippen LogP contribution in [0.4, 0.5) is 17.6 Å². The van der Waals surface area contributed by atoms with Crippen molar-refractivity contribution in [2.75, 3.05) is 13.1 Å². The second-order valence-corrected chi connectivity index (χ2v) is 3.71. The number of carbonyl (C=O) groups is 1. The Morgan fingerprint density at radius 2 is 2.06 bits per heavy atom. The molecule has 7 heteroatoms. The first kappa shape index (κ1) is 14.4. The summed E-state index contributed by atoms with van der Waals surface area (Å²) in [5, 5.41) is 0. The summed E-state index contributed by atoms with van der Waals surface area (Å²) in [7, 11) is 0. The second kappa shape index (κ2) is 5.79. The normalized spacial score (nSPS) is 11.4. The topological polar surface area (TPSA) is 33.2 Å². The van der Waals surface area contributed by atoms with Gasteiger partial charge in [0.15, 0.2) is 0 Å². The van der Waals surface area contributed by atoms with Crippen molar-refractivity contribution in [3.63, 3.8) is 0 Å². The first-order chi connectivity index (χ1) is 8.33. The van der Waals surface area contributed by atoms with E-state index in [4.69, 9.17) is 0 Å². The molecule has 1 amide bonds. The summed E-state index contributed by atoms with van der Waals surface area (Å²) < 4.78 is 49.5. The van der Waals surface area contributed by atoms with Gasteiger partial charge < -0.3 is 4.90 Å². The van der Waals surface area contributed by atoms with Gasteiger partial charge in [-0.05, 0) is 18.6 Å². The Balaban J connectivity index is 2.85. The molecule has 0 aliphatic rings. The summed E-state index contributed by atoms with van der Waals surface area (Å²) in [5.41, 5.74) is -0.0610. The van der Waals surface area contributed by atoms with Crippen LogP contribution in [-0.2, 0) is 0 Å². The fourth-order valence-electron chi connectivity index (χ4n) is 1.42. The summed E-state index contributed by atoms with van der Waals surface area (Å²) in [6.45, 7) is 0.326. The van der Waals surface area contributed by atoms with Crippen molar-refractivity contribution in [3.8, 4) is 0 Å². The van der Waals surface area contributed by atoms with Gasteiger partial charge in [-0.1, -0.05) is 6.92 Å². The van der Waals surface area contributed by atoms with E-state index in [9.17, 15) is 22.4 Å². The fourth-order valence-corrected chi connectivity index (χ4v) is 1.42. The Morgan fingerprint density at radius 1 is 1.39 bits per heavy atom. The van der Waals surface area contributed by atoms with Gasteiger partial charge in [0.05, 0.1) is 5.56 Å². The average Bonchev–Trinajstić information content (AvgIpc) is 2.27. The lowest BCUT2D eigenvalue weighted by Gasteiger charge is -2.23. The second-order valence-electron chi connectivity index (χ2n) is 3.71. The molecule has 0 radical (unpaired) electrons. The molecule has 0 aliphatic heterocycles. The molecule has 1 rings (SSSR count). The Kier molecular flexibility index (Phi) is 4.63. The maximum Gasteiger partial charge on any atom is 0.406 e. The van der Waals surface area contributed by atoms with E-state index in [2.05, 4.69) is 4.98 Å². The zero-order valence-corrected chi connectivity index (χ0v) is 9.67. The molecule has 0 unspecified atom stereocenters. The van der Waals surface area contributed by atoms with Crippen LogP contribution in [0.5, 0.6) is 0 Å². The third-order valence-electron chi connectivity index (χ3n) is 2.13. The molecule has 0 spiro atoms. The van der Waals surface area contributed by atoms with E-state index >= 15 is 0 Å². The van der Waals surface area contributed by atoms with E-state index in [-0.39, 0.29) is 12.1 Å². The van der Waals surface area contributed by atoms with Gasteiger partial charge in [-0.3, -0.25) is 4.79 Å². The Morgan fingerprint density at radius 3 is 2.50 bits per heavy atom. The van der Waals surface area contributed by atoms with Crippen molar-refractivity contribution in [1.82, 2.24) is 9.88 Å². The van der Waals surface area contributed by atoms with Crippen molar-refractivity contribution in [1.29, 1.82) is 0 Å². The minimum atomic E-state index is -4.46. The van der Waals surface area contributed by atoms with Crippen LogP contribution in [0.15, 0.2) is 18.3 Å². The maximum atomic E-state index is 12.6. The van der Waals surface area contributed by atoms with E-state index in [0.717, 1.165) is 18.3 Å². The highest BCUT2D eigenvalue weighted by Gasteiger charge is 2.33. The van der Waals surface area contributed by atoms with Crippen LogP contribution in [0.1, 0.15) is 23.7 Å². The third kappa shape index (κ3) is 4.31. The molecule has 0 aliphatic carbocycles. The van der Waals surface area contributed by atoms with Crippen molar-refractivity contribution < 1.29 is 22.4 Å². The molecule has 1 aromatic heterocycles. The zero-order chi connectivity index (χ0) is 13.8. The Bertz CT molecular complexity index is 402. The van der Waals surface area contributed by atoms with E-state index in [0.29, 0.717) is 11.3 Å². The van der Waals surface area contributed by atoms with E-state index in [1.807, 2.05) is 0 Å². The Hall–Kier alpha value is -1.66. The first-order valence-corrected chi connectivity index (χ1v) is 5.31. The summed E-state index contributed by atoms with van der Waals surface area (Å²) in [6, 6.07) is 2.05. The SMILES string of the molecule is CCCN(CC(F)(F)F)C(=O)c1ccc(F)nc1. The van der Waals surface area contributed by atoms with Gasteiger partial charge in [-0.15, -0.1) is 0 Å². The van der Waals surface area contributed by atoms with E-state index in [1.54, 1.807) is 6.92 Å². The molecular weight excluding hydrogens is 252 g/mol. The Labute approximate surface area is 101 Å². The van der Waals surface area contributed by atoms with Crippen molar-refractivity contribution >= 4 is 5.91 Å². The minimum absolute atomic E-state index is 0.0181. The predicted molar refractivity (Wildman–Crippen MR) is 56.4 cm³/mol. The zero-order valence-electron chi connectivity index (χ0n) is 9.67. The van der Waals surface area contributed by atoms with Crippen LogP contribution in [0, 0.1) is 5.95 Å². The lowest BCUT2D eigenvalue weighted by atomic mass is 10.2. The average molecular weight is 264 g/mol. The van der Waals surface area contributed by atoms with Crippen LogP contribution in [0.25, 0.3) is 0 Å². The molecule has 3 nitrogen and oxygen atoms in total. The summed E-state index contributed by atoms with van der Waals surface area (Å²) in [5.74, 6) is -1.59. The molecule has 0 atom stereocenters. The number of nitrogens with zero attached hydrogens (tertiary/aromatic N) is 2. The lowest BCUT2D eigenvalue weighted by molar-refractivity contribution is -0.140. The number of hydrogen-bond acceptors (Lipinski definition) is 2. The smallest absolute Gasteiger partial charge is 0.330 e. The van der Waals surface area contributed by atoms with Gasteiger partial charge in [0.1, 0.15) is 6.54 Å². The number of rotatable bonds is 4. The van der Waals surface area contributed by atoms with Crippen LogP contribution < -0.4 is 0 Å². The van der Waals surface area contributed by atoms with Crippen LogP contribution >= 0.6 is 0 Å². The maximum absolute atomic E-state index is 12.6. The molecule has 0 saturated heterocycles. The molecule has 0 N–H and O–H groups in total. The van der Waals surface area contributed by atoms with E-state index in [1.165, 1.54) is 0 Å². The number of pyridine rings is 1. The summed E-state index contributed by atoms with van der Waals surface area (Å²) in [4.78, 5) is 15.7. The molecule has 0 fully saturated rings. The van der Waals surface area contributed by atoms with Gasteiger partial charge >= 0.3 is 6.18 Å². The van der Waals surface area contributed by atoms with Gasteiger partial charge in [0.2, 0.25) is 5.95 Å². The van der Waals surface area contributed by atoms with Gasteiger partial charge in [0.25, 0.3) is 5.91 Å². The van der Waals surface area contributed by atoms with Crippen molar-refractivity contribution in [3.05, 3.63) is 29.8 Å². The lowest BCUT2D eigenvalue weighted by Crippen LogP contribution is -2.39. The number of halogens is 4. The third-order valence-corrected chi connectivity index (χ3v) is 2.13. The largest absolute Gasteiger partial charge is 0.406 e. The number of alkyl halides is 3. The fraction of sp³-hybridized carbons (Fsp3) is 0.455. The highest BCUT2D eigenvalue weighted by molar-refractivity contribution is 5.93. The molecule has 1 heterocycles. The van der Waals surface area contributed by atoms with Crippen LogP contribution in [0.2, 0.25) is 0 Å². The molecule has 0 saturated carbocycles. The molecular formula is C11H12F4N2O. The van der Waals surface area contributed by atoms with Crippen molar-refractivity contribution in [2.24, 2.45) is 0 Å². The predicted octanol–water partition coefficient (Wildman–Crippen LogP) is 2.64. The van der Waals surface area contributed by atoms with Crippen LogP contribution in [-0.4, -0.2) is 35.1 Å². The molecule has 0 aromatic carbocycles. The van der Waals surface area contributed by atoms with Crippen LogP contribution in [0.3, 0.4) is 0 Å². The summed E-state index contributed by atoms with van der Waals surface area (Å²) >= 11 is 0. The quantitative estimate of drug-likeness (QED) is 0.618. The van der Waals surface area contributed by atoms with Gasteiger partial charge in [0, 0.05) is 12.7 Å². The highest BCUT2D eigenvalue weighted by atomic mass is 19.4. The van der Waals surface area contributed by atoms with Crippen molar-refractivity contribution in [2.45, 2.75) is 19.5 Å². The molecule has 0 bridgehead atoms. The first-order valence-electron chi connectivity index (χ1n) is 5.31. The molecule has 18 heavy (non-hydrogen) atoms. The molecule has 100 valence electrons. The van der Waals surface area contributed by atoms with Gasteiger partial charge in [-0.2, -0.15) is 17.6 Å². The number of aromatic nitrogens is 1. The number of carbonyl (C=O) groups excluding carboxylic acids is 1. The standard InChI is InChI=1S/C11H12F4N2O/c1-2-5-17(7-11(13,14)15)10(18)8-3-4-9(12)16-6-8/h3-4,6H,2,5,7H2,1H3. The van der Waals surface area contributed by atoms with Gasteiger partial charge in [-0.25, -0.2) is 4.98 Å². The summed E-state index contributed by atoms with van der Waals surface area (Å²) in [6.07, 6.45) is -3.13. The van der Waals surface area contributed by atoms with E-state index < -0.39 is 24.6 Å². The molecule has 1 aromatic rings. The number of amides is 1. The monoisotopic (exact) mass is 264 g/mol. The minimum Gasteiger partial charge on any atom is -0.330 e. The highest BCUT2D eigenvalue weighted by Crippen LogP contribution is 2.18.